The number of benzene rings is 1. The minimum absolute atomic E-state index is 0. The number of rotatable bonds is 10. The number of ether oxygens (including phenoxy) is 2. The highest BCUT2D eigenvalue weighted by atomic mass is 127. The zero-order valence-electron chi connectivity index (χ0n) is 17.5. The van der Waals surface area contributed by atoms with Crippen molar-refractivity contribution in [1.82, 2.24) is 15.5 Å². The molecule has 0 spiro atoms. The number of likely N-dealkylation sites (N-methyl/N-ethyl adjacent to an activating group) is 1. The van der Waals surface area contributed by atoms with E-state index in [-0.39, 0.29) is 42.3 Å². The van der Waals surface area contributed by atoms with E-state index < -0.39 is 6.61 Å². The lowest BCUT2D eigenvalue weighted by Gasteiger charge is -2.24. The Morgan fingerprint density at radius 1 is 1.20 bits per heavy atom. The molecule has 30 heavy (non-hydrogen) atoms. The van der Waals surface area contributed by atoms with E-state index in [1.165, 1.54) is 4.88 Å². The minimum Gasteiger partial charge on any atom is -0.490 e. The Balaban J connectivity index is 0.00000450. The summed E-state index contributed by atoms with van der Waals surface area (Å²) >= 11 is 1.70. The molecule has 6 nitrogen and oxygen atoms in total. The van der Waals surface area contributed by atoms with Crippen LogP contribution in [0.3, 0.4) is 0 Å². The summed E-state index contributed by atoms with van der Waals surface area (Å²) in [6, 6.07) is 9.39. The topological polar surface area (TPSA) is 58.1 Å². The molecule has 0 bridgehead atoms. The van der Waals surface area contributed by atoms with Crippen LogP contribution in [0.4, 0.5) is 8.78 Å². The van der Waals surface area contributed by atoms with Gasteiger partial charge in [0.15, 0.2) is 17.5 Å². The Morgan fingerprint density at radius 3 is 2.53 bits per heavy atom. The molecule has 0 aliphatic carbocycles. The van der Waals surface area contributed by atoms with Crippen LogP contribution in [0.25, 0.3) is 0 Å². The third-order valence-corrected chi connectivity index (χ3v) is 5.17. The Labute approximate surface area is 197 Å². The molecule has 0 aliphatic rings. The number of aliphatic imine (C=N–C) groups is 1. The van der Waals surface area contributed by atoms with Crippen molar-refractivity contribution in [2.24, 2.45) is 4.99 Å². The zero-order valence-corrected chi connectivity index (χ0v) is 20.7. The molecule has 2 rings (SSSR count). The van der Waals surface area contributed by atoms with Gasteiger partial charge in [-0.25, -0.2) is 0 Å². The lowest BCUT2D eigenvalue weighted by molar-refractivity contribution is -0.0520. The van der Waals surface area contributed by atoms with E-state index in [1.807, 2.05) is 20.2 Å². The summed E-state index contributed by atoms with van der Waals surface area (Å²) < 4.78 is 35.9. The monoisotopic (exact) mass is 554 g/mol. The maximum Gasteiger partial charge on any atom is 0.387 e. The Kier molecular flexibility index (Phi) is 12.0. The van der Waals surface area contributed by atoms with Crippen molar-refractivity contribution < 1.29 is 18.3 Å². The van der Waals surface area contributed by atoms with Gasteiger partial charge in [0, 0.05) is 30.6 Å². The van der Waals surface area contributed by atoms with Gasteiger partial charge in [-0.15, -0.1) is 35.3 Å². The molecule has 2 N–H and O–H groups in total. The molecule has 0 aliphatic heterocycles. The molecule has 0 amide bonds. The average Bonchev–Trinajstić information content (AvgIpc) is 3.20. The fraction of sp³-hybridized carbons (Fsp3) is 0.450. The average molecular weight is 554 g/mol. The van der Waals surface area contributed by atoms with Gasteiger partial charge in [0.05, 0.1) is 12.6 Å². The lowest BCUT2D eigenvalue weighted by Crippen LogP contribution is -2.41. The van der Waals surface area contributed by atoms with Gasteiger partial charge in [0.2, 0.25) is 0 Å². The van der Waals surface area contributed by atoms with Crippen molar-refractivity contribution in [3.63, 3.8) is 0 Å². The maximum absolute atomic E-state index is 12.9. The second kappa shape index (κ2) is 13.6. The van der Waals surface area contributed by atoms with E-state index in [4.69, 9.17) is 9.47 Å². The van der Waals surface area contributed by atoms with Gasteiger partial charge in [0.1, 0.15) is 0 Å². The number of nitrogens with zero attached hydrogens (tertiary/aromatic N) is 2. The molecule has 0 fully saturated rings. The normalized spacial score (nSPS) is 12.5. The van der Waals surface area contributed by atoms with Crippen LogP contribution < -0.4 is 20.1 Å². The van der Waals surface area contributed by atoms with Crippen LogP contribution in [0.2, 0.25) is 0 Å². The summed E-state index contributed by atoms with van der Waals surface area (Å²) in [7, 11) is 5.71. The van der Waals surface area contributed by atoms with Gasteiger partial charge < -0.3 is 25.0 Å². The smallest absolute Gasteiger partial charge is 0.387 e. The predicted octanol–water partition coefficient (Wildman–Crippen LogP) is 4.33. The Morgan fingerprint density at radius 2 is 1.97 bits per heavy atom. The van der Waals surface area contributed by atoms with E-state index in [0.29, 0.717) is 30.4 Å². The molecular weight excluding hydrogens is 525 g/mol. The van der Waals surface area contributed by atoms with Crippen molar-refractivity contribution in [3.8, 4) is 11.5 Å². The summed E-state index contributed by atoms with van der Waals surface area (Å²) in [6.07, 6.45) is 0. The first-order valence-electron chi connectivity index (χ1n) is 9.30. The molecule has 168 valence electrons. The van der Waals surface area contributed by atoms with Crippen molar-refractivity contribution in [1.29, 1.82) is 0 Å². The third-order valence-electron chi connectivity index (χ3n) is 4.19. The van der Waals surface area contributed by atoms with Crippen LogP contribution in [-0.4, -0.2) is 51.8 Å². The molecule has 0 radical (unpaired) electrons. The predicted molar refractivity (Wildman–Crippen MR) is 129 cm³/mol. The summed E-state index contributed by atoms with van der Waals surface area (Å²) in [5, 5.41) is 8.50. The molecule has 1 unspecified atom stereocenters. The lowest BCUT2D eigenvalue weighted by atomic mass is 10.2. The van der Waals surface area contributed by atoms with Gasteiger partial charge in [-0.2, -0.15) is 8.78 Å². The van der Waals surface area contributed by atoms with Crippen molar-refractivity contribution in [2.45, 2.75) is 26.1 Å². The van der Waals surface area contributed by atoms with Crippen LogP contribution >= 0.6 is 35.3 Å². The third kappa shape index (κ3) is 7.88. The molecule has 0 saturated heterocycles. The molecule has 0 saturated carbocycles. The summed E-state index contributed by atoms with van der Waals surface area (Å²) in [6.45, 7) is 0.117. The van der Waals surface area contributed by atoms with Crippen LogP contribution in [0, 0.1) is 0 Å². The number of hydrogen-bond donors (Lipinski definition) is 2. The largest absolute Gasteiger partial charge is 0.490 e. The number of thiophene rings is 1. The fourth-order valence-electron chi connectivity index (χ4n) is 2.80. The first kappa shape index (κ1) is 26.4. The van der Waals surface area contributed by atoms with E-state index in [1.54, 1.807) is 43.5 Å². The van der Waals surface area contributed by atoms with Gasteiger partial charge >= 0.3 is 6.61 Å². The molecule has 1 heterocycles. The number of nitrogens with one attached hydrogen (secondary N) is 2. The summed E-state index contributed by atoms with van der Waals surface area (Å²) in [5.74, 6) is 0.899. The molecule has 10 heteroatoms. The highest BCUT2D eigenvalue weighted by Crippen LogP contribution is 2.32. The molecule has 1 aromatic heterocycles. The molecule has 1 aromatic carbocycles. The molecule has 1 atom stereocenters. The van der Waals surface area contributed by atoms with Crippen LogP contribution in [0.5, 0.6) is 11.5 Å². The second-order valence-corrected chi connectivity index (χ2v) is 7.34. The van der Waals surface area contributed by atoms with Crippen molar-refractivity contribution in [3.05, 3.63) is 46.2 Å². The van der Waals surface area contributed by atoms with Gasteiger partial charge in [-0.05, 0) is 38.5 Å². The Hall–Kier alpha value is -1.66. The quantitative estimate of drug-likeness (QED) is 0.260. The summed E-state index contributed by atoms with van der Waals surface area (Å²) in [4.78, 5) is 7.60. The molecule has 2 aromatic rings. The number of halogens is 3. The standard InChI is InChI=1S/C20H28F2N4O2S.HI/c1-5-27-16-9-6-8-14(18(16)28-19(21)22)12-24-20(23-2)25-13-15(26(3)4)17-10-7-11-29-17;/h6-11,15,19H,5,12-13H2,1-4H3,(H2,23,24,25);1H. The highest BCUT2D eigenvalue weighted by Gasteiger charge is 2.17. The molecular formula is C20H29F2IN4O2S. The minimum atomic E-state index is -2.93. The zero-order chi connectivity index (χ0) is 21.2. The highest BCUT2D eigenvalue weighted by molar-refractivity contribution is 14.0. The van der Waals surface area contributed by atoms with E-state index in [0.717, 1.165) is 0 Å². The van der Waals surface area contributed by atoms with Gasteiger partial charge in [-0.3, -0.25) is 4.99 Å². The number of alkyl halides is 2. The first-order valence-corrected chi connectivity index (χ1v) is 10.2. The van der Waals surface area contributed by atoms with Crippen molar-refractivity contribution in [2.75, 3.05) is 34.3 Å². The second-order valence-electron chi connectivity index (χ2n) is 6.36. The maximum atomic E-state index is 12.9. The van der Waals surface area contributed by atoms with Gasteiger partial charge in [0.25, 0.3) is 0 Å². The van der Waals surface area contributed by atoms with E-state index in [2.05, 4.69) is 32.0 Å². The van der Waals surface area contributed by atoms with E-state index >= 15 is 0 Å². The van der Waals surface area contributed by atoms with E-state index in [9.17, 15) is 8.78 Å². The SMILES string of the molecule is CCOc1cccc(CNC(=NC)NCC(c2cccs2)N(C)C)c1OC(F)F.I. The number of para-hydroxylation sites is 1. The van der Waals surface area contributed by atoms with Crippen LogP contribution in [-0.2, 0) is 6.54 Å². The van der Waals surface area contributed by atoms with Crippen LogP contribution in [0.1, 0.15) is 23.4 Å². The fourth-order valence-corrected chi connectivity index (χ4v) is 3.73. The van der Waals surface area contributed by atoms with Crippen molar-refractivity contribution >= 4 is 41.3 Å². The number of guanidine groups is 1. The Bertz CT molecular complexity index is 776. The van der Waals surface area contributed by atoms with Gasteiger partial charge in [-0.1, -0.05) is 18.2 Å². The van der Waals surface area contributed by atoms with Crippen LogP contribution in [0.15, 0.2) is 40.7 Å². The number of hydrogen-bond acceptors (Lipinski definition) is 5. The first-order chi connectivity index (χ1) is 14.0. The summed E-state index contributed by atoms with van der Waals surface area (Å²) in [5.41, 5.74) is 0.557.